The summed E-state index contributed by atoms with van der Waals surface area (Å²) >= 11 is 2.26. The van der Waals surface area contributed by atoms with Crippen molar-refractivity contribution in [1.29, 1.82) is 0 Å². The molecule has 0 spiro atoms. The number of likely N-dealkylation sites (tertiary alicyclic amines) is 1. The van der Waals surface area contributed by atoms with E-state index in [1.54, 1.807) is 0 Å². The lowest BCUT2D eigenvalue weighted by Crippen LogP contribution is -2.19. The van der Waals surface area contributed by atoms with Crippen molar-refractivity contribution in [2.24, 2.45) is 0 Å². The average Bonchev–Trinajstić information content (AvgIpc) is 1.85. The third kappa shape index (κ3) is 1.31. The first kappa shape index (κ1) is 6.74. The highest BCUT2D eigenvalue weighted by atomic mass is 127. The summed E-state index contributed by atoms with van der Waals surface area (Å²) in [5.41, 5.74) is 0. The van der Waals surface area contributed by atoms with Crippen LogP contribution in [0.25, 0.3) is 0 Å². The number of hydrogen-bond acceptors (Lipinski definition) is 1. The molecule has 0 radical (unpaired) electrons. The Balaban J connectivity index is 2.39. The zero-order valence-corrected chi connectivity index (χ0v) is 6.93. The maximum Gasteiger partial charge on any atom is 0.115 e. The monoisotopic (exact) mass is 229 g/mol. The first-order chi connectivity index (χ1) is 3.70. The van der Waals surface area contributed by atoms with E-state index in [-0.39, 0.29) is 0 Å². The quantitative estimate of drug-likeness (QED) is 0.345. The fourth-order valence-corrected chi connectivity index (χ4v) is 1.67. The van der Waals surface area contributed by atoms with Gasteiger partial charge in [-0.15, -0.1) is 0 Å². The van der Waals surface area contributed by atoms with Gasteiger partial charge in [0.2, 0.25) is 0 Å². The molecule has 1 aliphatic heterocycles. The van der Waals surface area contributed by atoms with Crippen molar-refractivity contribution in [3.63, 3.8) is 0 Å². The Morgan fingerprint density at radius 3 is 2.50 bits per heavy atom. The molecule has 3 heteroatoms. The fraction of sp³-hybridized carbons (Fsp3) is 1.00. The van der Waals surface area contributed by atoms with E-state index in [9.17, 15) is 4.39 Å². The van der Waals surface area contributed by atoms with Crippen LogP contribution in [-0.2, 0) is 0 Å². The summed E-state index contributed by atoms with van der Waals surface area (Å²) in [5.74, 6) is 0. The molecule has 0 aromatic carbocycles. The van der Waals surface area contributed by atoms with Crippen molar-refractivity contribution in [3.8, 4) is 0 Å². The van der Waals surface area contributed by atoms with Gasteiger partial charge in [0.25, 0.3) is 0 Å². The maximum absolute atomic E-state index is 12.4. The van der Waals surface area contributed by atoms with Gasteiger partial charge in [0, 0.05) is 13.0 Å². The van der Waals surface area contributed by atoms with Gasteiger partial charge in [0.15, 0.2) is 0 Å². The van der Waals surface area contributed by atoms with Crippen LogP contribution in [0.4, 0.5) is 4.39 Å². The molecule has 0 aliphatic carbocycles. The normalized spacial score (nSPS) is 40.9. The molecule has 2 atom stereocenters. The van der Waals surface area contributed by atoms with Crippen molar-refractivity contribution < 1.29 is 4.39 Å². The van der Waals surface area contributed by atoms with Crippen molar-refractivity contribution in [2.45, 2.75) is 16.6 Å². The molecule has 1 heterocycles. The van der Waals surface area contributed by atoms with E-state index in [0.29, 0.717) is 17.0 Å². The van der Waals surface area contributed by atoms with Gasteiger partial charge in [0.05, 0.1) is 4.05 Å². The Labute approximate surface area is 62.4 Å². The highest BCUT2D eigenvalue weighted by Gasteiger charge is 2.26. The van der Waals surface area contributed by atoms with Gasteiger partial charge >= 0.3 is 0 Å². The molecule has 1 nitrogen and oxygen atoms in total. The molecule has 0 amide bonds. The van der Waals surface area contributed by atoms with Crippen LogP contribution in [0.15, 0.2) is 0 Å². The molecule has 1 aliphatic rings. The number of rotatable bonds is 0. The SMILES string of the molecule is CN1C[C@H](F)C[C@@H]1I. The van der Waals surface area contributed by atoms with Gasteiger partial charge in [-0.1, -0.05) is 22.6 Å². The van der Waals surface area contributed by atoms with Crippen LogP contribution in [0, 0.1) is 0 Å². The van der Waals surface area contributed by atoms with Crippen molar-refractivity contribution in [1.82, 2.24) is 4.90 Å². The Bertz CT molecular complexity index is 78.5. The molecule has 0 N–H and O–H groups in total. The Kier molecular flexibility index (Phi) is 2.08. The third-order valence-corrected chi connectivity index (χ3v) is 2.87. The topological polar surface area (TPSA) is 3.24 Å². The predicted octanol–water partition coefficient (Wildman–Crippen LogP) is 1.42. The Hall–Kier alpha value is 0.620. The summed E-state index contributed by atoms with van der Waals surface area (Å²) in [6.45, 7) is 0.619. The van der Waals surface area contributed by atoms with Crippen LogP contribution in [0.3, 0.4) is 0 Å². The molecule has 48 valence electrons. The van der Waals surface area contributed by atoms with E-state index in [1.807, 2.05) is 11.9 Å². The number of alkyl halides is 2. The smallest absolute Gasteiger partial charge is 0.115 e. The largest absolute Gasteiger partial charge is 0.292 e. The first-order valence-corrected chi connectivity index (χ1v) is 3.93. The summed E-state index contributed by atoms with van der Waals surface area (Å²) in [5, 5.41) is 0. The number of halogens is 2. The van der Waals surface area contributed by atoms with Crippen LogP contribution < -0.4 is 0 Å². The van der Waals surface area contributed by atoms with E-state index in [0.717, 1.165) is 0 Å². The lowest BCUT2D eigenvalue weighted by atomic mass is 10.3. The van der Waals surface area contributed by atoms with E-state index < -0.39 is 6.17 Å². The summed E-state index contributed by atoms with van der Waals surface area (Å²) in [4.78, 5) is 2.03. The van der Waals surface area contributed by atoms with Gasteiger partial charge in [0.1, 0.15) is 6.17 Å². The minimum atomic E-state index is -0.582. The Morgan fingerprint density at radius 1 is 1.75 bits per heavy atom. The number of hydrogen-bond donors (Lipinski definition) is 0. The number of nitrogens with zero attached hydrogens (tertiary/aromatic N) is 1. The van der Waals surface area contributed by atoms with Gasteiger partial charge in [-0.05, 0) is 7.05 Å². The molecule has 0 saturated carbocycles. The minimum absolute atomic E-state index is 0.419. The van der Waals surface area contributed by atoms with E-state index in [2.05, 4.69) is 22.6 Å². The van der Waals surface area contributed by atoms with Gasteiger partial charge in [-0.25, -0.2) is 4.39 Å². The average molecular weight is 229 g/mol. The molecule has 1 rings (SSSR count). The molecule has 8 heavy (non-hydrogen) atoms. The third-order valence-electron chi connectivity index (χ3n) is 1.41. The highest BCUT2D eigenvalue weighted by Crippen LogP contribution is 2.22. The molecule has 1 fully saturated rings. The zero-order chi connectivity index (χ0) is 6.15. The molecular weight excluding hydrogens is 220 g/mol. The van der Waals surface area contributed by atoms with Crippen LogP contribution in [0.2, 0.25) is 0 Å². The van der Waals surface area contributed by atoms with Crippen molar-refractivity contribution in [3.05, 3.63) is 0 Å². The highest BCUT2D eigenvalue weighted by molar-refractivity contribution is 14.1. The minimum Gasteiger partial charge on any atom is -0.292 e. The van der Waals surface area contributed by atoms with Crippen molar-refractivity contribution in [2.75, 3.05) is 13.6 Å². The van der Waals surface area contributed by atoms with Crippen LogP contribution in [-0.4, -0.2) is 28.7 Å². The summed E-state index contributed by atoms with van der Waals surface area (Å²) in [7, 11) is 1.96. The summed E-state index contributed by atoms with van der Waals surface area (Å²) in [6.07, 6.45) is 0.124. The molecule has 0 aromatic heterocycles. The second kappa shape index (κ2) is 2.47. The predicted molar refractivity (Wildman–Crippen MR) is 40.0 cm³/mol. The van der Waals surface area contributed by atoms with Crippen LogP contribution in [0.1, 0.15) is 6.42 Å². The summed E-state index contributed by atoms with van der Waals surface area (Å²) < 4.78 is 12.8. The standard InChI is InChI=1S/C5H9FIN/c1-8-3-4(6)2-5(8)7/h4-5H,2-3H2,1H3/t4-,5-/m1/s1. The molecular formula is C5H9FIN. The first-order valence-electron chi connectivity index (χ1n) is 2.68. The lowest BCUT2D eigenvalue weighted by molar-refractivity contribution is 0.319. The van der Waals surface area contributed by atoms with Gasteiger partial charge in [-0.3, -0.25) is 4.90 Å². The van der Waals surface area contributed by atoms with E-state index in [1.165, 1.54) is 0 Å². The molecule has 0 aromatic rings. The van der Waals surface area contributed by atoms with E-state index in [4.69, 9.17) is 0 Å². The van der Waals surface area contributed by atoms with Crippen LogP contribution in [0.5, 0.6) is 0 Å². The Morgan fingerprint density at radius 2 is 2.38 bits per heavy atom. The fourth-order valence-electron chi connectivity index (χ4n) is 0.892. The molecule has 0 unspecified atom stereocenters. The van der Waals surface area contributed by atoms with Crippen LogP contribution >= 0.6 is 22.6 Å². The second-order valence-corrected chi connectivity index (χ2v) is 3.64. The van der Waals surface area contributed by atoms with E-state index >= 15 is 0 Å². The van der Waals surface area contributed by atoms with Gasteiger partial charge < -0.3 is 0 Å². The second-order valence-electron chi connectivity index (χ2n) is 2.21. The zero-order valence-electron chi connectivity index (χ0n) is 4.77. The maximum atomic E-state index is 12.4. The lowest BCUT2D eigenvalue weighted by Gasteiger charge is -2.09. The molecule has 0 bridgehead atoms. The van der Waals surface area contributed by atoms with Crippen molar-refractivity contribution >= 4 is 22.6 Å². The van der Waals surface area contributed by atoms with Gasteiger partial charge in [-0.2, -0.15) is 0 Å². The summed E-state index contributed by atoms with van der Waals surface area (Å²) in [6, 6.07) is 0. The molecule has 1 saturated heterocycles.